The number of ether oxygens (including phenoxy) is 1. The van der Waals surface area contributed by atoms with Crippen LogP contribution in [0.1, 0.15) is 62.2 Å². The lowest BCUT2D eigenvalue weighted by molar-refractivity contribution is 0.0146. The zero-order valence-corrected chi connectivity index (χ0v) is 25.7. The lowest BCUT2D eigenvalue weighted by atomic mass is 9.99. The molecule has 3 N–H and O–H groups in total. The van der Waals surface area contributed by atoms with Crippen molar-refractivity contribution in [2.75, 3.05) is 24.7 Å². The fraction of sp³-hybridized carbons (Fsp3) is 0.387. The number of carbonyl (C=O) groups excluding carboxylic acids is 2. The van der Waals surface area contributed by atoms with Crippen molar-refractivity contribution >= 4 is 27.7 Å². The summed E-state index contributed by atoms with van der Waals surface area (Å²) in [4.78, 5) is 31.1. The van der Waals surface area contributed by atoms with Gasteiger partial charge in [-0.3, -0.25) is 9.78 Å². The molecule has 0 aliphatic rings. The molecule has 3 rings (SSSR count). The summed E-state index contributed by atoms with van der Waals surface area (Å²) >= 11 is 0. The number of rotatable bonds is 11. The van der Waals surface area contributed by atoms with Crippen LogP contribution in [0.25, 0.3) is 11.1 Å². The number of aromatic nitrogens is 1. The van der Waals surface area contributed by atoms with Crippen LogP contribution in [0.3, 0.4) is 0 Å². The van der Waals surface area contributed by atoms with Crippen molar-refractivity contribution in [2.45, 2.75) is 58.8 Å². The van der Waals surface area contributed by atoms with E-state index in [0.717, 1.165) is 22.9 Å². The second kappa shape index (κ2) is 13.8. The highest BCUT2D eigenvalue weighted by Crippen LogP contribution is 2.27. The van der Waals surface area contributed by atoms with Gasteiger partial charge in [0.2, 0.25) is 10.0 Å². The Bertz CT molecular complexity index is 1470. The van der Waals surface area contributed by atoms with E-state index < -0.39 is 33.7 Å². The Morgan fingerprint density at radius 2 is 1.71 bits per heavy atom. The van der Waals surface area contributed by atoms with Gasteiger partial charge in [-0.2, -0.15) is 0 Å². The fourth-order valence-corrected chi connectivity index (χ4v) is 4.62. The van der Waals surface area contributed by atoms with Crippen LogP contribution in [0.4, 0.5) is 10.5 Å². The molecule has 2 amide bonds. The van der Waals surface area contributed by atoms with Gasteiger partial charge in [0, 0.05) is 36.2 Å². The lowest BCUT2D eigenvalue weighted by Crippen LogP contribution is -2.40. The maximum Gasteiger partial charge on any atom is 0.410 e. The first-order valence-corrected chi connectivity index (χ1v) is 15.6. The second-order valence-electron chi connectivity index (χ2n) is 11.4. The summed E-state index contributed by atoms with van der Waals surface area (Å²) in [6, 6.07) is 16.5. The number of aliphatic hydroxyl groups excluding tert-OH is 1. The molecule has 0 aliphatic heterocycles. The van der Waals surface area contributed by atoms with E-state index in [-0.39, 0.29) is 18.2 Å². The van der Waals surface area contributed by atoms with E-state index in [0.29, 0.717) is 24.2 Å². The van der Waals surface area contributed by atoms with E-state index >= 15 is 0 Å². The van der Waals surface area contributed by atoms with Gasteiger partial charge in [0.15, 0.2) is 0 Å². The minimum atomic E-state index is -3.71. The fourth-order valence-electron chi connectivity index (χ4n) is 4.17. The smallest absolute Gasteiger partial charge is 0.410 e. The number of pyridine rings is 1. The van der Waals surface area contributed by atoms with E-state index in [4.69, 9.17) is 4.74 Å². The van der Waals surface area contributed by atoms with Crippen molar-refractivity contribution in [1.29, 1.82) is 0 Å². The molecular weight excluding hydrogens is 556 g/mol. The Balaban J connectivity index is 1.77. The maximum absolute atomic E-state index is 13.0. The highest BCUT2D eigenvalue weighted by Gasteiger charge is 2.25. The number of hydrogen-bond donors (Lipinski definition) is 3. The van der Waals surface area contributed by atoms with Crippen LogP contribution >= 0.6 is 0 Å². The Hall–Kier alpha value is -3.96. The summed E-state index contributed by atoms with van der Waals surface area (Å²) in [5.74, 6) is -0.703. The van der Waals surface area contributed by atoms with Crippen molar-refractivity contribution in [1.82, 2.24) is 14.6 Å². The molecule has 11 heteroatoms. The third-order valence-corrected chi connectivity index (χ3v) is 6.61. The Labute approximate surface area is 248 Å². The molecule has 0 bridgehead atoms. The summed E-state index contributed by atoms with van der Waals surface area (Å²) < 4.78 is 30.8. The largest absolute Gasteiger partial charge is 0.444 e. The van der Waals surface area contributed by atoms with Crippen molar-refractivity contribution in [3.63, 3.8) is 0 Å². The Morgan fingerprint density at radius 3 is 2.29 bits per heavy atom. The number of benzene rings is 2. The van der Waals surface area contributed by atoms with E-state index in [1.807, 2.05) is 48.9 Å². The molecule has 42 heavy (non-hydrogen) atoms. The number of anilines is 1. The van der Waals surface area contributed by atoms with Crippen LogP contribution in [0.15, 0.2) is 67.0 Å². The van der Waals surface area contributed by atoms with Gasteiger partial charge >= 0.3 is 6.09 Å². The highest BCUT2D eigenvalue weighted by molar-refractivity contribution is 7.89. The predicted molar refractivity (Wildman–Crippen MR) is 164 cm³/mol. The number of amides is 2. The normalized spacial score (nSPS) is 12.5. The first-order chi connectivity index (χ1) is 19.6. The van der Waals surface area contributed by atoms with Crippen molar-refractivity contribution in [3.8, 4) is 11.1 Å². The summed E-state index contributed by atoms with van der Waals surface area (Å²) in [7, 11) is -3.71. The first kappa shape index (κ1) is 32.6. The molecule has 226 valence electrons. The number of aliphatic hydroxyl groups is 1. The van der Waals surface area contributed by atoms with Crippen molar-refractivity contribution in [3.05, 3.63) is 83.7 Å². The summed E-state index contributed by atoms with van der Waals surface area (Å²) in [5, 5.41) is 14.0. The molecule has 2 aromatic carbocycles. The highest BCUT2D eigenvalue weighted by atomic mass is 32.2. The average molecular weight is 597 g/mol. The minimum Gasteiger partial charge on any atom is -0.444 e. The van der Waals surface area contributed by atoms with E-state index in [2.05, 4.69) is 10.3 Å². The third-order valence-electron chi connectivity index (χ3n) is 6.06. The molecule has 0 fully saturated rings. The Morgan fingerprint density at radius 1 is 1.05 bits per heavy atom. The van der Waals surface area contributed by atoms with Gasteiger partial charge in [-0.1, -0.05) is 36.4 Å². The van der Waals surface area contributed by atoms with Crippen LogP contribution in [0, 0.1) is 0 Å². The monoisotopic (exact) mass is 596 g/mol. The molecule has 1 atom stereocenters. The molecule has 0 saturated heterocycles. The molecule has 0 saturated carbocycles. The third kappa shape index (κ3) is 10.1. The topological polar surface area (TPSA) is 138 Å². The number of nitrogens with zero attached hydrogens (tertiary/aromatic N) is 2. The van der Waals surface area contributed by atoms with Gasteiger partial charge in [0.05, 0.1) is 24.5 Å². The SMILES string of the molecule is CC(C)Nc1cc(-c2ccc(CCN(C[C@H](O)c3cccnc3)C(=O)OC(C)(C)C)cc2)ccc1C(=O)NS(C)(=O)=O. The first-order valence-electron chi connectivity index (χ1n) is 13.7. The van der Waals surface area contributed by atoms with Gasteiger partial charge in [0.1, 0.15) is 5.60 Å². The van der Waals surface area contributed by atoms with E-state index in [9.17, 15) is 23.1 Å². The number of sulfonamides is 1. The van der Waals surface area contributed by atoms with Crippen molar-refractivity contribution in [2.24, 2.45) is 0 Å². The van der Waals surface area contributed by atoms with Crippen LogP contribution < -0.4 is 10.0 Å². The van der Waals surface area contributed by atoms with Gasteiger partial charge < -0.3 is 20.1 Å². The second-order valence-corrected chi connectivity index (χ2v) is 13.2. The van der Waals surface area contributed by atoms with E-state index in [1.165, 1.54) is 4.90 Å². The number of nitrogens with one attached hydrogen (secondary N) is 2. The number of carbonyl (C=O) groups is 2. The van der Waals surface area contributed by atoms with Gasteiger partial charge in [-0.15, -0.1) is 0 Å². The van der Waals surface area contributed by atoms with E-state index in [1.54, 1.807) is 57.4 Å². The molecule has 3 aromatic rings. The molecule has 0 radical (unpaired) electrons. The standard InChI is InChI=1S/C31H40N4O6S/c1-21(2)33-27-18-24(13-14-26(27)29(37)34-42(6,39)40)23-11-9-22(10-12-23)15-17-35(30(38)41-31(3,4)5)20-28(36)25-8-7-16-32-19-25/h7-14,16,18-19,21,28,33,36H,15,17,20H2,1-6H3,(H,34,37)/t28-/m0/s1. The quantitative estimate of drug-likeness (QED) is 0.288. The molecule has 0 unspecified atom stereocenters. The van der Waals surface area contributed by atoms with Crippen LogP contribution in [-0.4, -0.2) is 66.4 Å². The maximum atomic E-state index is 13.0. The van der Waals surface area contributed by atoms with Crippen LogP contribution in [-0.2, 0) is 21.2 Å². The molecule has 10 nitrogen and oxygen atoms in total. The average Bonchev–Trinajstić information content (AvgIpc) is 2.89. The summed E-state index contributed by atoms with van der Waals surface area (Å²) in [6.45, 7) is 9.64. The van der Waals surface area contributed by atoms with Crippen LogP contribution in [0.2, 0.25) is 0 Å². The molecular formula is C31H40N4O6S. The molecule has 0 spiro atoms. The summed E-state index contributed by atoms with van der Waals surface area (Å²) in [5.41, 5.74) is 3.40. The van der Waals surface area contributed by atoms with Gasteiger partial charge in [0.25, 0.3) is 5.91 Å². The Kier molecular flexibility index (Phi) is 10.7. The zero-order chi connectivity index (χ0) is 31.1. The van der Waals surface area contributed by atoms with Crippen LogP contribution in [0.5, 0.6) is 0 Å². The zero-order valence-electron chi connectivity index (χ0n) is 24.9. The van der Waals surface area contributed by atoms with Crippen molar-refractivity contribution < 1.29 is 27.9 Å². The van der Waals surface area contributed by atoms with Gasteiger partial charge in [-0.25, -0.2) is 17.9 Å². The molecule has 1 aromatic heterocycles. The lowest BCUT2D eigenvalue weighted by Gasteiger charge is -2.29. The summed E-state index contributed by atoms with van der Waals surface area (Å²) in [6.07, 6.45) is 3.24. The predicted octanol–water partition coefficient (Wildman–Crippen LogP) is 4.77. The molecule has 0 aliphatic carbocycles. The van der Waals surface area contributed by atoms with Gasteiger partial charge in [-0.05, 0) is 75.9 Å². The molecule has 1 heterocycles. The minimum absolute atomic E-state index is 0.0111. The number of hydrogen-bond acceptors (Lipinski definition) is 8.